The summed E-state index contributed by atoms with van der Waals surface area (Å²) in [5, 5.41) is 2.96. The van der Waals surface area contributed by atoms with E-state index in [9.17, 15) is 9.59 Å². The van der Waals surface area contributed by atoms with E-state index in [4.69, 9.17) is 0 Å². The van der Waals surface area contributed by atoms with Gasteiger partial charge in [0.15, 0.2) is 0 Å². The lowest BCUT2D eigenvalue weighted by atomic mass is 10.1. The third kappa shape index (κ3) is 4.69. The molecule has 1 heterocycles. The third-order valence-electron chi connectivity index (χ3n) is 4.57. The maximum atomic E-state index is 12.0. The van der Waals surface area contributed by atoms with Gasteiger partial charge in [-0.1, -0.05) is 42.0 Å². The van der Waals surface area contributed by atoms with E-state index in [1.807, 2.05) is 29.2 Å². The standard InChI is InChI=1S/C21H24N2O2/c1-16-4-6-17(7-5-16)10-13-20(24)22-15-18-8-11-19(12-9-18)23-14-2-3-21(23)25/h4-9,11-12H,2-3,10,13-15H2,1H3,(H,22,24). The molecule has 0 saturated carbocycles. The lowest BCUT2D eigenvalue weighted by molar-refractivity contribution is -0.121. The van der Waals surface area contributed by atoms with Crippen molar-refractivity contribution in [3.8, 4) is 0 Å². The van der Waals surface area contributed by atoms with Gasteiger partial charge in [-0.15, -0.1) is 0 Å². The Morgan fingerprint density at radius 1 is 1.04 bits per heavy atom. The number of benzene rings is 2. The molecule has 0 bridgehead atoms. The fraction of sp³-hybridized carbons (Fsp3) is 0.333. The molecule has 0 unspecified atom stereocenters. The van der Waals surface area contributed by atoms with Crippen LogP contribution in [0.4, 0.5) is 5.69 Å². The van der Waals surface area contributed by atoms with Crippen LogP contribution in [0.25, 0.3) is 0 Å². The van der Waals surface area contributed by atoms with Gasteiger partial charge in [0.05, 0.1) is 0 Å². The highest BCUT2D eigenvalue weighted by atomic mass is 16.2. The lowest BCUT2D eigenvalue weighted by Crippen LogP contribution is -2.24. The topological polar surface area (TPSA) is 49.4 Å². The van der Waals surface area contributed by atoms with Gasteiger partial charge in [0.2, 0.25) is 11.8 Å². The molecule has 0 atom stereocenters. The van der Waals surface area contributed by atoms with Crippen molar-refractivity contribution in [1.82, 2.24) is 5.32 Å². The van der Waals surface area contributed by atoms with Gasteiger partial charge in [-0.3, -0.25) is 9.59 Å². The van der Waals surface area contributed by atoms with Crippen molar-refractivity contribution in [3.05, 3.63) is 65.2 Å². The minimum Gasteiger partial charge on any atom is -0.352 e. The van der Waals surface area contributed by atoms with Gasteiger partial charge in [-0.2, -0.15) is 0 Å². The van der Waals surface area contributed by atoms with Crippen LogP contribution in [0.15, 0.2) is 48.5 Å². The van der Waals surface area contributed by atoms with Crippen molar-refractivity contribution >= 4 is 17.5 Å². The summed E-state index contributed by atoms with van der Waals surface area (Å²) in [5.74, 6) is 0.247. The minimum absolute atomic E-state index is 0.0550. The van der Waals surface area contributed by atoms with Gasteiger partial charge in [0.1, 0.15) is 0 Å². The molecule has 3 rings (SSSR count). The second kappa shape index (κ2) is 7.97. The first kappa shape index (κ1) is 17.2. The lowest BCUT2D eigenvalue weighted by Gasteiger charge is -2.16. The second-order valence-corrected chi connectivity index (χ2v) is 6.58. The summed E-state index contributed by atoms with van der Waals surface area (Å²) in [6.45, 7) is 3.37. The Kier molecular flexibility index (Phi) is 5.49. The SMILES string of the molecule is Cc1ccc(CCC(=O)NCc2ccc(N3CCCC3=O)cc2)cc1. The van der Waals surface area contributed by atoms with Gasteiger partial charge in [-0.05, 0) is 43.0 Å². The summed E-state index contributed by atoms with van der Waals surface area (Å²) < 4.78 is 0. The van der Waals surface area contributed by atoms with E-state index < -0.39 is 0 Å². The van der Waals surface area contributed by atoms with Crippen LogP contribution in [-0.2, 0) is 22.6 Å². The van der Waals surface area contributed by atoms with Crippen molar-refractivity contribution in [2.45, 2.75) is 39.2 Å². The number of hydrogen-bond acceptors (Lipinski definition) is 2. The number of rotatable bonds is 6. The second-order valence-electron chi connectivity index (χ2n) is 6.58. The highest BCUT2D eigenvalue weighted by molar-refractivity contribution is 5.95. The molecule has 1 fully saturated rings. The summed E-state index contributed by atoms with van der Waals surface area (Å²) in [6, 6.07) is 16.1. The zero-order valence-electron chi connectivity index (χ0n) is 14.6. The molecule has 0 radical (unpaired) electrons. The quantitative estimate of drug-likeness (QED) is 0.879. The number of carbonyl (C=O) groups is 2. The van der Waals surface area contributed by atoms with Gasteiger partial charge < -0.3 is 10.2 Å². The maximum Gasteiger partial charge on any atom is 0.227 e. The summed E-state index contributed by atoms with van der Waals surface area (Å²) in [4.78, 5) is 25.6. The van der Waals surface area contributed by atoms with E-state index in [1.165, 1.54) is 11.1 Å². The molecule has 2 aromatic rings. The fourth-order valence-corrected chi connectivity index (χ4v) is 3.02. The molecule has 25 heavy (non-hydrogen) atoms. The molecule has 0 aliphatic carbocycles. The van der Waals surface area contributed by atoms with E-state index in [-0.39, 0.29) is 11.8 Å². The van der Waals surface area contributed by atoms with Crippen LogP contribution in [0.3, 0.4) is 0 Å². The Morgan fingerprint density at radius 3 is 2.36 bits per heavy atom. The molecule has 1 aliphatic rings. The van der Waals surface area contributed by atoms with Crippen molar-refractivity contribution in [2.24, 2.45) is 0 Å². The summed E-state index contributed by atoms with van der Waals surface area (Å²) in [7, 11) is 0. The Bertz CT molecular complexity index is 735. The molecule has 2 aromatic carbocycles. The fourth-order valence-electron chi connectivity index (χ4n) is 3.02. The van der Waals surface area contributed by atoms with E-state index >= 15 is 0 Å². The van der Waals surface area contributed by atoms with Gasteiger partial charge in [0, 0.05) is 31.6 Å². The Balaban J connectivity index is 1.45. The number of anilines is 1. The van der Waals surface area contributed by atoms with Gasteiger partial charge >= 0.3 is 0 Å². The van der Waals surface area contributed by atoms with Crippen LogP contribution in [0.2, 0.25) is 0 Å². The molecule has 130 valence electrons. The first-order valence-electron chi connectivity index (χ1n) is 8.83. The molecular formula is C21H24N2O2. The predicted molar refractivity (Wildman–Crippen MR) is 99.4 cm³/mol. The first-order valence-corrected chi connectivity index (χ1v) is 8.83. The third-order valence-corrected chi connectivity index (χ3v) is 4.57. The Labute approximate surface area is 148 Å². The van der Waals surface area contributed by atoms with Crippen LogP contribution in [-0.4, -0.2) is 18.4 Å². The summed E-state index contributed by atoms with van der Waals surface area (Å²) >= 11 is 0. The largest absolute Gasteiger partial charge is 0.352 e. The monoisotopic (exact) mass is 336 g/mol. The smallest absolute Gasteiger partial charge is 0.227 e. The number of amides is 2. The van der Waals surface area contributed by atoms with Crippen LogP contribution >= 0.6 is 0 Å². The number of nitrogens with one attached hydrogen (secondary N) is 1. The van der Waals surface area contributed by atoms with E-state index in [2.05, 4.69) is 36.5 Å². The zero-order valence-corrected chi connectivity index (χ0v) is 14.6. The highest BCUT2D eigenvalue weighted by Gasteiger charge is 2.21. The predicted octanol–water partition coefficient (Wildman–Crippen LogP) is 3.37. The number of hydrogen-bond donors (Lipinski definition) is 1. The molecule has 0 aromatic heterocycles. The molecule has 4 heteroatoms. The van der Waals surface area contributed by atoms with Crippen molar-refractivity contribution in [3.63, 3.8) is 0 Å². The molecule has 0 spiro atoms. The van der Waals surface area contributed by atoms with Crippen molar-refractivity contribution in [2.75, 3.05) is 11.4 Å². The van der Waals surface area contributed by atoms with E-state index in [0.29, 0.717) is 19.4 Å². The van der Waals surface area contributed by atoms with Gasteiger partial charge in [0.25, 0.3) is 0 Å². The Morgan fingerprint density at radius 2 is 1.72 bits per heavy atom. The van der Waals surface area contributed by atoms with Crippen LogP contribution in [0.5, 0.6) is 0 Å². The molecule has 1 aliphatic heterocycles. The minimum atomic E-state index is 0.0550. The number of nitrogens with zero attached hydrogens (tertiary/aromatic N) is 1. The average Bonchev–Trinajstić information content (AvgIpc) is 3.06. The highest BCUT2D eigenvalue weighted by Crippen LogP contribution is 2.21. The summed E-state index contributed by atoms with van der Waals surface area (Å²) in [5.41, 5.74) is 4.39. The Hall–Kier alpha value is -2.62. The zero-order chi connectivity index (χ0) is 17.6. The normalized spacial score (nSPS) is 14.0. The number of carbonyl (C=O) groups excluding carboxylic acids is 2. The molecule has 1 N–H and O–H groups in total. The van der Waals surface area contributed by atoms with Crippen LogP contribution in [0.1, 0.15) is 36.0 Å². The van der Waals surface area contributed by atoms with E-state index in [0.717, 1.165) is 30.6 Å². The molecule has 2 amide bonds. The van der Waals surface area contributed by atoms with Crippen molar-refractivity contribution in [1.29, 1.82) is 0 Å². The van der Waals surface area contributed by atoms with E-state index in [1.54, 1.807) is 0 Å². The molecular weight excluding hydrogens is 312 g/mol. The number of aryl methyl sites for hydroxylation is 2. The maximum absolute atomic E-state index is 12.0. The van der Waals surface area contributed by atoms with Crippen molar-refractivity contribution < 1.29 is 9.59 Å². The molecule has 1 saturated heterocycles. The first-order chi connectivity index (χ1) is 12.1. The van der Waals surface area contributed by atoms with Gasteiger partial charge in [-0.25, -0.2) is 0 Å². The van der Waals surface area contributed by atoms with Crippen LogP contribution in [0, 0.1) is 6.92 Å². The average molecular weight is 336 g/mol. The van der Waals surface area contributed by atoms with Crippen LogP contribution < -0.4 is 10.2 Å². The molecule has 4 nitrogen and oxygen atoms in total. The summed E-state index contributed by atoms with van der Waals surface area (Å²) in [6.07, 6.45) is 2.81.